The Hall–Kier alpha value is -1.84. The van der Waals surface area contributed by atoms with Crippen molar-refractivity contribution in [2.24, 2.45) is 0 Å². The minimum absolute atomic E-state index is 0.0161. The number of nitrogens with zero attached hydrogens (tertiary/aromatic N) is 1. The number of H-pyrrole nitrogens is 1. The van der Waals surface area contributed by atoms with Crippen molar-refractivity contribution in [3.63, 3.8) is 0 Å². The van der Waals surface area contributed by atoms with E-state index in [2.05, 4.69) is 9.97 Å². The van der Waals surface area contributed by atoms with E-state index in [0.717, 1.165) is 16.5 Å². The summed E-state index contributed by atoms with van der Waals surface area (Å²) in [6.45, 7) is 0. The van der Waals surface area contributed by atoms with Crippen LogP contribution in [0.3, 0.4) is 0 Å². The van der Waals surface area contributed by atoms with Gasteiger partial charge in [0.1, 0.15) is 0 Å². The van der Waals surface area contributed by atoms with E-state index in [1.807, 2.05) is 6.07 Å². The first-order valence-corrected chi connectivity index (χ1v) is 3.89. The van der Waals surface area contributed by atoms with Crippen molar-refractivity contribution in [1.82, 2.24) is 9.97 Å². The lowest BCUT2D eigenvalue weighted by Crippen LogP contribution is -2.00. The zero-order valence-electron chi connectivity index (χ0n) is 6.82. The third-order valence-corrected chi connectivity index (χ3v) is 1.90. The standard InChI is InChI=1S/C9H8N2O2/c12-9(13)3-6-4-10-5-8-7(6)1-2-11-8/h1-2,4-5,11H,3H2,(H,12,13). The predicted octanol–water partition coefficient (Wildman–Crippen LogP) is 1.19. The van der Waals surface area contributed by atoms with Gasteiger partial charge in [0.2, 0.25) is 0 Å². The van der Waals surface area contributed by atoms with Crippen molar-refractivity contribution in [2.45, 2.75) is 6.42 Å². The first-order chi connectivity index (χ1) is 6.27. The molecule has 0 radical (unpaired) electrons. The van der Waals surface area contributed by atoms with E-state index in [1.54, 1.807) is 18.6 Å². The highest BCUT2D eigenvalue weighted by atomic mass is 16.4. The molecule has 0 atom stereocenters. The van der Waals surface area contributed by atoms with Crippen LogP contribution in [0, 0.1) is 0 Å². The van der Waals surface area contributed by atoms with Crippen LogP contribution in [0.25, 0.3) is 10.9 Å². The quantitative estimate of drug-likeness (QED) is 0.722. The summed E-state index contributed by atoms with van der Waals surface area (Å²) in [7, 11) is 0. The van der Waals surface area contributed by atoms with Gasteiger partial charge in [-0.05, 0) is 11.6 Å². The predicted molar refractivity (Wildman–Crippen MR) is 47.4 cm³/mol. The Kier molecular flexibility index (Phi) is 1.73. The van der Waals surface area contributed by atoms with Gasteiger partial charge in [-0.25, -0.2) is 0 Å². The molecule has 0 unspecified atom stereocenters. The second kappa shape index (κ2) is 2.90. The number of carboxylic acid groups (broad SMARTS) is 1. The molecule has 0 saturated heterocycles. The number of rotatable bonds is 2. The number of aromatic nitrogens is 2. The number of fused-ring (bicyclic) bond motifs is 1. The zero-order chi connectivity index (χ0) is 9.26. The molecule has 0 bridgehead atoms. The molecule has 2 heterocycles. The summed E-state index contributed by atoms with van der Waals surface area (Å²) in [6.07, 6.45) is 5.06. The zero-order valence-corrected chi connectivity index (χ0v) is 6.82. The molecule has 0 aliphatic carbocycles. The number of aliphatic carboxylic acids is 1. The topological polar surface area (TPSA) is 66.0 Å². The van der Waals surface area contributed by atoms with E-state index in [1.165, 1.54) is 0 Å². The highest BCUT2D eigenvalue weighted by molar-refractivity contribution is 5.85. The molecule has 13 heavy (non-hydrogen) atoms. The molecule has 4 heteroatoms. The van der Waals surface area contributed by atoms with Crippen LogP contribution in [0.5, 0.6) is 0 Å². The van der Waals surface area contributed by atoms with Crippen molar-refractivity contribution in [3.05, 3.63) is 30.2 Å². The average molecular weight is 176 g/mol. The van der Waals surface area contributed by atoms with E-state index in [9.17, 15) is 4.79 Å². The molecule has 0 aliphatic rings. The van der Waals surface area contributed by atoms with Gasteiger partial charge in [-0.2, -0.15) is 0 Å². The molecule has 2 N–H and O–H groups in total. The third-order valence-electron chi connectivity index (χ3n) is 1.90. The lowest BCUT2D eigenvalue weighted by atomic mass is 10.1. The number of carboxylic acids is 1. The fourth-order valence-corrected chi connectivity index (χ4v) is 1.34. The summed E-state index contributed by atoms with van der Waals surface area (Å²) in [5.74, 6) is -0.837. The molecule has 2 aromatic heterocycles. The van der Waals surface area contributed by atoms with Gasteiger partial charge in [-0.1, -0.05) is 0 Å². The van der Waals surface area contributed by atoms with Crippen molar-refractivity contribution in [3.8, 4) is 0 Å². The number of nitrogens with one attached hydrogen (secondary N) is 1. The second-order valence-electron chi connectivity index (χ2n) is 2.81. The summed E-state index contributed by atoms with van der Waals surface area (Å²) >= 11 is 0. The van der Waals surface area contributed by atoms with Crippen LogP contribution in [-0.4, -0.2) is 21.0 Å². The molecule has 4 nitrogen and oxygen atoms in total. The van der Waals surface area contributed by atoms with E-state index in [0.29, 0.717) is 0 Å². The van der Waals surface area contributed by atoms with Gasteiger partial charge in [-0.15, -0.1) is 0 Å². The number of hydrogen-bond donors (Lipinski definition) is 2. The van der Waals surface area contributed by atoms with Crippen LogP contribution in [0.15, 0.2) is 24.7 Å². The SMILES string of the molecule is O=C(O)Cc1cncc2[nH]ccc12. The summed E-state index contributed by atoms with van der Waals surface area (Å²) < 4.78 is 0. The van der Waals surface area contributed by atoms with Gasteiger partial charge in [0.15, 0.2) is 0 Å². The van der Waals surface area contributed by atoms with Crippen molar-refractivity contribution >= 4 is 16.9 Å². The van der Waals surface area contributed by atoms with Gasteiger partial charge in [-0.3, -0.25) is 9.78 Å². The number of hydrogen-bond acceptors (Lipinski definition) is 2. The van der Waals surface area contributed by atoms with E-state index < -0.39 is 5.97 Å². The fraction of sp³-hybridized carbons (Fsp3) is 0.111. The highest BCUT2D eigenvalue weighted by Gasteiger charge is 2.05. The Morgan fingerprint density at radius 2 is 2.38 bits per heavy atom. The molecule has 2 rings (SSSR count). The first kappa shape index (κ1) is 7.79. The van der Waals surface area contributed by atoms with Gasteiger partial charge in [0.05, 0.1) is 18.1 Å². The van der Waals surface area contributed by atoms with Crippen molar-refractivity contribution < 1.29 is 9.90 Å². The monoisotopic (exact) mass is 176 g/mol. The van der Waals surface area contributed by atoms with Crippen LogP contribution in [-0.2, 0) is 11.2 Å². The highest BCUT2D eigenvalue weighted by Crippen LogP contribution is 2.15. The van der Waals surface area contributed by atoms with Gasteiger partial charge >= 0.3 is 5.97 Å². The van der Waals surface area contributed by atoms with Crippen LogP contribution in [0.2, 0.25) is 0 Å². The Labute approximate surface area is 74.2 Å². The van der Waals surface area contributed by atoms with Crippen LogP contribution >= 0.6 is 0 Å². The Balaban J connectivity index is 2.54. The largest absolute Gasteiger partial charge is 0.481 e. The summed E-state index contributed by atoms with van der Waals surface area (Å²) in [4.78, 5) is 17.4. The fourth-order valence-electron chi connectivity index (χ4n) is 1.34. The smallest absolute Gasteiger partial charge is 0.307 e. The molecular weight excluding hydrogens is 168 g/mol. The summed E-state index contributed by atoms with van der Waals surface area (Å²) in [6, 6.07) is 1.86. The second-order valence-corrected chi connectivity index (χ2v) is 2.81. The maximum Gasteiger partial charge on any atom is 0.307 e. The minimum Gasteiger partial charge on any atom is -0.481 e. The number of aromatic amines is 1. The normalized spacial score (nSPS) is 10.5. The molecule has 0 fully saturated rings. The number of pyridine rings is 1. The molecule has 66 valence electrons. The molecule has 0 saturated carbocycles. The van der Waals surface area contributed by atoms with Gasteiger partial charge in [0, 0.05) is 17.8 Å². The average Bonchev–Trinajstić information content (AvgIpc) is 2.51. The maximum atomic E-state index is 10.5. The van der Waals surface area contributed by atoms with E-state index in [4.69, 9.17) is 5.11 Å². The first-order valence-electron chi connectivity index (χ1n) is 3.89. The Morgan fingerprint density at radius 3 is 3.15 bits per heavy atom. The van der Waals surface area contributed by atoms with Gasteiger partial charge < -0.3 is 10.1 Å². The molecular formula is C9H8N2O2. The van der Waals surface area contributed by atoms with Crippen LogP contribution in [0.4, 0.5) is 0 Å². The van der Waals surface area contributed by atoms with Crippen molar-refractivity contribution in [1.29, 1.82) is 0 Å². The van der Waals surface area contributed by atoms with E-state index in [-0.39, 0.29) is 6.42 Å². The third kappa shape index (κ3) is 1.38. The molecule has 0 spiro atoms. The minimum atomic E-state index is -0.837. The van der Waals surface area contributed by atoms with Crippen LogP contribution < -0.4 is 0 Å². The Morgan fingerprint density at radius 1 is 1.54 bits per heavy atom. The lowest BCUT2D eigenvalue weighted by Gasteiger charge is -1.97. The molecule has 2 aromatic rings. The molecule has 0 aliphatic heterocycles. The van der Waals surface area contributed by atoms with Gasteiger partial charge in [0.25, 0.3) is 0 Å². The molecule has 0 amide bonds. The maximum absolute atomic E-state index is 10.5. The van der Waals surface area contributed by atoms with Crippen molar-refractivity contribution in [2.75, 3.05) is 0 Å². The summed E-state index contributed by atoms with van der Waals surface area (Å²) in [5.41, 5.74) is 1.62. The lowest BCUT2D eigenvalue weighted by molar-refractivity contribution is -0.136. The van der Waals surface area contributed by atoms with Crippen LogP contribution in [0.1, 0.15) is 5.56 Å². The summed E-state index contributed by atoms with van der Waals surface area (Å²) in [5, 5.41) is 9.55. The number of carbonyl (C=O) groups is 1. The van der Waals surface area contributed by atoms with E-state index >= 15 is 0 Å². The Bertz CT molecular complexity index is 448. The molecule has 0 aromatic carbocycles.